The average molecular weight is 225 g/mol. The topological polar surface area (TPSA) is 30.0 Å². The molecular weight excluding hydrogens is 221 g/mol. The van der Waals surface area contributed by atoms with Crippen molar-refractivity contribution in [1.29, 1.82) is 0 Å². The minimum Gasteiger partial charge on any atom is -0.298 e. The molecule has 82 valence electrons. The van der Waals surface area contributed by atoms with E-state index in [0.717, 1.165) is 6.07 Å². The van der Waals surface area contributed by atoms with E-state index in [1.165, 1.54) is 0 Å². The first-order chi connectivity index (χ1) is 6.88. The maximum Gasteiger partial charge on any atom is 0.433 e. The summed E-state index contributed by atoms with van der Waals surface area (Å²) in [5.41, 5.74) is -3.80. The van der Waals surface area contributed by atoms with Gasteiger partial charge in [0.2, 0.25) is 0 Å². The van der Waals surface area contributed by atoms with Gasteiger partial charge in [0.25, 0.3) is 6.43 Å². The lowest BCUT2D eigenvalue weighted by Gasteiger charge is -2.12. The minimum atomic E-state index is -5.00. The van der Waals surface area contributed by atoms with Crippen LogP contribution in [0.25, 0.3) is 0 Å². The molecule has 0 bridgehead atoms. The molecule has 0 aliphatic carbocycles. The number of pyridine rings is 1. The van der Waals surface area contributed by atoms with Gasteiger partial charge in [-0.15, -0.1) is 0 Å². The summed E-state index contributed by atoms with van der Waals surface area (Å²) in [6.07, 6.45) is -7.78. The van der Waals surface area contributed by atoms with Gasteiger partial charge in [0.15, 0.2) is 12.0 Å². The summed E-state index contributed by atoms with van der Waals surface area (Å²) in [5.74, 6) is 0. The molecule has 0 unspecified atom stereocenters. The van der Waals surface area contributed by atoms with Crippen LogP contribution >= 0.6 is 0 Å². The highest BCUT2D eigenvalue weighted by atomic mass is 19.4. The van der Waals surface area contributed by atoms with Gasteiger partial charge < -0.3 is 0 Å². The summed E-state index contributed by atoms with van der Waals surface area (Å²) >= 11 is 0. The largest absolute Gasteiger partial charge is 0.433 e. The average Bonchev–Trinajstić information content (AvgIpc) is 2.15. The Morgan fingerprint density at radius 1 is 1.33 bits per heavy atom. The van der Waals surface area contributed by atoms with Crippen molar-refractivity contribution in [3.05, 3.63) is 29.1 Å². The van der Waals surface area contributed by atoms with Crippen molar-refractivity contribution < 1.29 is 26.7 Å². The van der Waals surface area contributed by atoms with Crippen molar-refractivity contribution >= 4 is 6.29 Å². The number of hydrogen-bond donors (Lipinski definition) is 0. The minimum absolute atomic E-state index is 0.0571. The van der Waals surface area contributed by atoms with Crippen molar-refractivity contribution in [3.63, 3.8) is 0 Å². The summed E-state index contributed by atoms with van der Waals surface area (Å²) in [6, 6.07) is 0.809. The molecule has 0 aromatic carbocycles. The molecule has 0 fully saturated rings. The molecular formula is C8H4F5NO. The molecule has 0 spiro atoms. The van der Waals surface area contributed by atoms with Crippen molar-refractivity contribution in [2.24, 2.45) is 0 Å². The van der Waals surface area contributed by atoms with Crippen LogP contribution in [0.5, 0.6) is 0 Å². The summed E-state index contributed by atoms with van der Waals surface area (Å²) in [4.78, 5) is 13.1. The number of rotatable bonds is 2. The first-order valence-corrected chi connectivity index (χ1v) is 3.67. The molecule has 1 aromatic rings. The van der Waals surface area contributed by atoms with E-state index in [0.29, 0.717) is 6.20 Å². The molecule has 0 aliphatic heterocycles. The van der Waals surface area contributed by atoms with E-state index >= 15 is 0 Å². The van der Waals surface area contributed by atoms with Gasteiger partial charge in [0.05, 0.1) is 5.56 Å². The lowest BCUT2D eigenvalue weighted by atomic mass is 10.1. The zero-order valence-electron chi connectivity index (χ0n) is 7.05. The SMILES string of the molecule is O=Cc1ccnc(C(F)(F)F)c1C(F)F. The monoisotopic (exact) mass is 225 g/mol. The standard InChI is InChI=1S/C8H4F5NO/c9-7(10)5-4(3-15)1-2-14-6(5)8(11,12)13/h1-3,7H. The molecule has 0 aliphatic rings. The number of aromatic nitrogens is 1. The van der Waals surface area contributed by atoms with Crippen LogP contribution in [0.3, 0.4) is 0 Å². The predicted molar refractivity (Wildman–Crippen MR) is 39.6 cm³/mol. The lowest BCUT2D eigenvalue weighted by molar-refractivity contribution is -0.143. The maximum absolute atomic E-state index is 12.3. The second kappa shape index (κ2) is 3.92. The maximum atomic E-state index is 12.3. The Bertz CT molecular complexity index is 374. The van der Waals surface area contributed by atoms with Crippen LogP contribution in [0.1, 0.15) is 28.0 Å². The van der Waals surface area contributed by atoms with E-state index in [1.54, 1.807) is 0 Å². The second-order valence-corrected chi connectivity index (χ2v) is 2.58. The third kappa shape index (κ3) is 2.28. The van der Waals surface area contributed by atoms with Gasteiger partial charge >= 0.3 is 6.18 Å². The molecule has 15 heavy (non-hydrogen) atoms. The molecule has 0 saturated heterocycles. The van der Waals surface area contributed by atoms with E-state index in [9.17, 15) is 26.7 Å². The molecule has 0 saturated carbocycles. The molecule has 0 atom stereocenters. The molecule has 0 amide bonds. The fourth-order valence-corrected chi connectivity index (χ4v) is 1.05. The Hall–Kier alpha value is -1.53. The van der Waals surface area contributed by atoms with E-state index in [4.69, 9.17) is 0 Å². The number of halogens is 5. The van der Waals surface area contributed by atoms with Crippen LogP contribution < -0.4 is 0 Å². The highest BCUT2D eigenvalue weighted by Crippen LogP contribution is 2.35. The molecule has 0 N–H and O–H groups in total. The van der Waals surface area contributed by atoms with Crippen LogP contribution in [0.4, 0.5) is 22.0 Å². The first-order valence-electron chi connectivity index (χ1n) is 3.67. The van der Waals surface area contributed by atoms with Gasteiger partial charge in [0, 0.05) is 11.8 Å². The number of alkyl halides is 5. The van der Waals surface area contributed by atoms with Gasteiger partial charge in [-0.3, -0.25) is 9.78 Å². The van der Waals surface area contributed by atoms with E-state index in [1.807, 2.05) is 0 Å². The summed E-state index contributed by atoms with van der Waals surface area (Å²) in [5, 5.41) is 0. The Labute approximate surface area is 80.7 Å². The number of carbonyl (C=O) groups excluding carboxylic acids is 1. The van der Waals surface area contributed by atoms with Crippen LogP contribution in [-0.2, 0) is 6.18 Å². The fourth-order valence-electron chi connectivity index (χ4n) is 1.05. The van der Waals surface area contributed by atoms with Crippen molar-refractivity contribution in [1.82, 2.24) is 4.98 Å². The zero-order valence-corrected chi connectivity index (χ0v) is 7.05. The number of hydrogen-bond acceptors (Lipinski definition) is 2. The normalized spacial score (nSPS) is 11.9. The fraction of sp³-hybridized carbons (Fsp3) is 0.250. The molecule has 1 aromatic heterocycles. The Kier molecular flexibility index (Phi) is 3.01. The number of aldehydes is 1. The second-order valence-electron chi connectivity index (χ2n) is 2.58. The molecule has 1 heterocycles. The van der Waals surface area contributed by atoms with Crippen molar-refractivity contribution in [2.75, 3.05) is 0 Å². The Morgan fingerprint density at radius 3 is 2.33 bits per heavy atom. The number of nitrogens with zero attached hydrogens (tertiary/aromatic N) is 1. The third-order valence-electron chi connectivity index (χ3n) is 1.64. The molecule has 0 radical (unpaired) electrons. The van der Waals surface area contributed by atoms with Crippen LogP contribution in [0.15, 0.2) is 12.3 Å². The van der Waals surface area contributed by atoms with Crippen molar-refractivity contribution in [3.8, 4) is 0 Å². The molecule has 7 heteroatoms. The summed E-state index contributed by atoms with van der Waals surface area (Å²) in [7, 11) is 0. The smallest absolute Gasteiger partial charge is 0.298 e. The lowest BCUT2D eigenvalue weighted by Crippen LogP contribution is -2.14. The van der Waals surface area contributed by atoms with Crippen LogP contribution in [-0.4, -0.2) is 11.3 Å². The first kappa shape index (κ1) is 11.5. The Morgan fingerprint density at radius 2 is 1.93 bits per heavy atom. The van der Waals surface area contributed by atoms with E-state index in [-0.39, 0.29) is 6.29 Å². The van der Waals surface area contributed by atoms with Gasteiger partial charge in [-0.05, 0) is 6.07 Å². The Balaban J connectivity index is 3.45. The van der Waals surface area contributed by atoms with Gasteiger partial charge in [-0.1, -0.05) is 0 Å². The third-order valence-corrected chi connectivity index (χ3v) is 1.64. The highest BCUT2D eigenvalue weighted by molar-refractivity contribution is 5.77. The molecule has 1 rings (SSSR count). The predicted octanol–water partition coefficient (Wildman–Crippen LogP) is 2.85. The van der Waals surface area contributed by atoms with E-state index in [2.05, 4.69) is 4.98 Å². The van der Waals surface area contributed by atoms with Crippen molar-refractivity contribution in [2.45, 2.75) is 12.6 Å². The molecule has 2 nitrogen and oxygen atoms in total. The van der Waals surface area contributed by atoms with Crippen LogP contribution in [0.2, 0.25) is 0 Å². The highest BCUT2D eigenvalue weighted by Gasteiger charge is 2.38. The van der Waals surface area contributed by atoms with Crippen LogP contribution in [0, 0.1) is 0 Å². The zero-order chi connectivity index (χ0) is 11.6. The summed E-state index contributed by atoms with van der Waals surface area (Å²) in [6.45, 7) is 0. The van der Waals surface area contributed by atoms with E-state index < -0.39 is 29.4 Å². The van der Waals surface area contributed by atoms with Gasteiger partial charge in [0.1, 0.15) is 0 Å². The quantitative estimate of drug-likeness (QED) is 0.572. The van der Waals surface area contributed by atoms with Gasteiger partial charge in [-0.2, -0.15) is 13.2 Å². The summed E-state index contributed by atoms with van der Waals surface area (Å²) < 4.78 is 61.3. The number of carbonyl (C=O) groups is 1. The van der Waals surface area contributed by atoms with Gasteiger partial charge in [-0.25, -0.2) is 8.78 Å².